The third kappa shape index (κ3) is 2.26. The Balaban J connectivity index is 2.04. The molecule has 1 aliphatic carbocycles. The summed E-state index contributed by atoms with van der Waals surface area (Å²) in [6.45, 7) is 0. The Labute approximate surface area is 118 Å². The zero-order chi connectivity index (χ0) is 15.5. The molecule has 4 N–H and O–H groups in total. The Morgan fingerprint density at radius 3 is 2.52 bits per heavy atom. The quantitative estimate of drug-likeness (QED) is 0.757. The lowest BCUT2D eigenvalue weighted by atomic mass is 10.2. The van der Waals surface area contributed by atoms with E-state index >= 15 is 0 Å². The zero-order valence-electron chi connectivity index (χ0n) is 10.7. The molecule has 1 aliphatic rings. The van der Waals surface area contributed by atoms with Crippen LogP contribution in [0.25, 0.3) is 10.9 Å². The van der Waals surface area contributed by atoms with Gasteiger partial charge in [-0.15, -0.1) is 0 Å². The van der Waals surface area contributed by atoms with Crippen LogP contribution in [0.2, 0.25) is 0 Å². The van der Waals surface area contributed by atoms with E-state index in [-0.39, 0.29) is 23.1 Å². The van der Waals surface area contributed by atoms with Crippen LogP contribution in [0.1, 0.15) is 12.8 Å². The number of nitrogen functional groups attached to an aromatic ring is 1. The van der Waals surface area contributed by atoms with E-state index in [4.69, 9.17) is 5.73 Å². The Bertz CT molecular complexity index is 807. The molecular formula is C12H12F3N3O2S. The Kier molecular flexibility index (Phi) is 2.80. The van der Waals surface area contributed by atoms with E-state index in [1.165, 1.54) is 12.3 Å². The molecule has 0 amide bonds. The van der Waals surface area contributed by atoms with Crippen LogP contribution in [0, 0.1) is 0 Å². The summed E-state index contributed by atoms with van der Waals surface area (Å²) < 4.78 is 65.0. The summed E-state index contributed by atoms with van der Waals surface area (Å²) in [6, 6.07) is 4.55. The summed E-state index contributed by atoms with van der Waals surface area (Å²) >= 11 is 0. The van der Waals surface area contributed by atoms with Crippen LogP contribution < -0.4 is 10.5 Å². The van der Waals surface area contributed by atoms with Crippen LogP contribution in [0.3, 0.4) is 0 Å². The van der Waals surface area contributed by atoms with Crippen molar-refractivity contribution >= 4 is 26.6 Å². The SMILES string of the molecule is Nc1ccc2[nH]cc(S(=O)(=O)NC3(C(F)(F)F)CC3)c2c1. The molecule has 1 fully saturated rings. The molecule has 114 valence electrons. The van der Waals surface area contributed by atoms with Crippen molar-refractivity contribution in [1.82, 2.24) is 9.71 Å². The molecule has 1 aromatic carbocycles. The minimum atomic E-state index is -4.61. The number of halogens is 3. The number of benzene rings is 1. The van der Waals surface area contributed by atoms with Crippen molar-refractivity contribution in [1.29, 1.82) is 0 Å². The molecule has 1 aromatic heterocycles. The summed E-state index contributed by atoms with van der Waals surface area (Å²) in [4.78, 5) is 2.47. The van der Waals surface area contributed by atoms with Gasteiger partial charge in [-0.2, -0.15) is 17.9 Å². The van der Waals surface area contributed by atoms with Gasteiger partial charge >= 0.3 is 6.18 Å². The number of nitrogens with two attached hydrogens (primary N) is 1. The second-order valence-electron chi connectivity index (χ2n) is 5.14. The lowest BCUT2D eigenvalue weighted by Gasteiger charge is -2.20. The Morgan fingerprint density at radius 2 is 1.95 bits per heavy atom. The fraction of sp³-hybridized carbons (Fsp3) is 0.333. The molecule has 5 nitrogen and oxygen atoms in total. The maximum atomic E-state index is 12.9. The Hall–Kier alpha value is -1.74. The van der Waals surface area contributed by atoms with Gasteiger partial charge in [0.15, 0.2) is 0 Å². The van der Waals surface area contributed by atoms with Crippen LogP contribution in [0.4, 0.5) is 18.9 Å². The van der Waals surface area contributed by atoms with Gasteiger partial charge in [-0.3, -0.25) is 0 Å². The molecule has 1 heterocycles. The highest BCUT2D eigenvalue weighted by molar-refractivity contribution is 7.89. The first-order valence-electron chi connectivity index (χ1n) is 6.12. The summed E-state index contributed by atoms with van der Waals surface area (Å²) in [6.07, 6.45) is -3.94. The fourth-order valence-electron chi connectivity index (χ4n) is 2.22. The lowest BCUT2D eigenvalue weighted by molar-refractivity contribution is -0.160. The number of hydrogen-bond acceptors (Lipinski definition) is 3. The number of H-pyrrole nitrogens is 1. The first-order valence-corrected chi connectivity index (χ1v) is 7.60. The van der Waals surface area contributed by atoms with Crippen molar-refractivity contribution in [3.8, 4) is 0 Å². The predicted octanol–water partition coefficient (Wildman–Crippen LogP) is 2.12. The van der Waals surface area contributed by atoms with Crippen molar-refractivity contribution in [2.75, 3.05) is 5.73 Å². The fourth-order valence-corrected chi connectivity index (χ4v) is 3.83. The number of alkyl halides is 3. The molecule has 0 spiro atoms. The highest BCUT2D eigenvalue weighted by Crippen LogP contribution is 2.49. The van der Waals surface area contributed by atoms with Crippen LogP contribution >= 0.6 is 0 Å². The van der Waals surface area contributed by atoms with Crippen LogP contribution in [-0.2, 0) is 10.0 Å². The van der Waals surface area contributed by atoms with Crippen molar-refractivity contribution in [3.63, 3.8) is 0 Å². The molecule has 0 atom stereocenters. The monoisotopic (exact) mass is 319 g/mol. The number of nitrogens with one attached hydrogen (secondary N) is 2. The third-order valence-corrected chi connectivity index (χ3v) is 5.16. The van der Waals surface area contributed by atoms with E-state index in [1.807, 2.05) is 0 Å². The van der Waals surface area contributed by atoms with Gasteiger partial charge < -0.3 is 10.7 Å². The second-order valence-corrected chi connectivity index (χ2v) is 6.79. The third-order valence-electron chi connectivity index (χ3n) is 3.58. The molecule has 3 rings (SSSR count). The van der Waals surface area contributed by atoms with E-state index in [1.54, 1.807) is 16.9 Å². The minimum absolute atomic E-state index is 0.236. The summed E-state index contributed by atoms with van der Waals surface area (Å²) in [5.74, 6) is 0. The standard InChI is InChI=1S/C12H12F3N3O2S/c13-12(14,15)11(3-4-11)18-21(19,20)10-6-17-9-2-1-7(16)5-8(9)10/h1-2,5-6,17-18H,3-4,16H2. The summed E-state index contributed by atoms with van der Waals surface area (Å²) in [5, 5.41) is 0.264. The van der Waals surface area contributed by atoms with Crippen LogP contribution in [0.15, 0.2) is 29.3 Å². The zero-order valence-corrected chi connectivity index (χ0v) is 11.5. The predicted molar refractivity (Wildman–Crippen MR) is 71.1 cm³/mol. The highest BCUT2D eigenvalue weighted by Gasteiger charge is 2.65. The molecule has 1 saturated carbocycles. The van der Waals surface area contributed by atoms with Crippen LogP contribution in [-0.4, -0.2) is 25.1 Å². The molecule has 0 saturated heterocycles. The number of hydrogen-bond donors (Lipinski definition) is 3. The first kappa shape index (κ1) is 14.2. The number of aromatic amines is 1. The van der Waals surface area contributed by atoms with Gasteiger partial charge in [0.1, 0.15) is 10.4 Å². The maximum absolute atomic E-state index is 12.9. The van der Waals surface area contributed by atoms with Gasteiger partial charge in [0.05, 0.1) is 0 Å². The number of rotatable bonds is 3. The van der Waals surface area contributed by atoms with E-state index in [0.717, 1.165) is 0 Å². The molecular weight excluding hydrogens is 307 g/mol. The highest BCUT2D eigenvalue weighted by atomic mass is 32.2. The lowest BCUT2D eigenvalue weighted by Crippen LogP contribution is -2.47. The van der Waals surface area contributed by atoms with E-state index < -0.39 is 21.7 Å². The summed E-state index contributed by atoms with van der Waals surface area (Å²) in [7, 11) is -4.30. The maximum Gasteiger partial charge on any atom is 0.407 e. The number of aromatic nitrogens is 1. The number of fused-ring (bicyclic) bond motifs is 1. The van der Waals surface area contributed by atoms with Gasteiger partial charge in [0, 0.05) is 22.8 Å². The summed E-state index contributed by atoms with van der Waals surface area (Å²) in [5.41, 5.74) is 4.07. The molecule has 0 radical (unpaired) electrons. The van der Waals surface area contributed by atoms with Gasteiger partial charge in [-0.25, -0.2) is 8.42 Å². The van der Waals surface area contributed by atoms with Crippen molar-refractivity contribution in [3.05, 3.63) is 24.4 Å². The average Bonchev–Trinajstić information content (AvgIpc) is 3.00. The second kappa shape index (κ2) is 4.14. The number of anilines is 1. The molecule has 0 aliphatic heterocycles. The van der Waals surface area contributed by atoms with E-state index in [9.17, 15) is 21.6 Å². The molecule has 9 heteroatoms. The first-order chi connectivity index (χ1) is 9.65. The number of sulfonamides is 1. The molecule has 0 bridgehead atoms. The van der Waals surface area contributed by atoms with Crippen molar-refractivity contribution < 1.29 is 21.6 Å². The molecule has 21 heavy (non-hydrogen) atoms. The van der Waals surface area contributed by atoms with E-state index in [0.29, 0.717) is 11.2 Å². The molecule has 2 aromatic rings. The van der Waals surface area contributed by atoms with Crippen molar-refractivity contribution in [2.24, 2.45) is 0 Å². The van der Waals surface area contributed by atoms with Crippen molar-refractivity contribution in [2.45, 2.75) is 29.5 Å². The van der Waals surface area contributed by atoms with Gasteiger partial charge in [-0.05, 0) is 31.0 Å². The van der Waals surface area contributed by atoms with Gasteiger partial charge in [-0.1, -0.05) is 0 Å². The molecule has 0 unspecified atom stereocenters. The van der Waals surface area contributed by atoms with Gasteiger partial charge in [0.2, 0.25) is 10.0 Å². The smallest absolute Gasteiger partial charge is 0.399 e. The van der Waals surface area contributed by atoms with Crippen LogP contribution in [0.5, 0.6) is 0 Å². The van der Waals surface area contributed by atoms with E-state index in [2.05, 4.69) is 4.98 Å². The normalized spacial score (nSPS) is 18.0. The topological polar surface area (TPSA) is 88.0 Å². The Morgan fingerprint density at radius 1 is 1.29 bits per heavy atom. The largest absolute Gasteiger partial charge is 0.407 e. The average molecular weight is 319 g/mol. The minimum Gasteiger partial charge on any atom is -0.399 e. The van der Waals surface area contributed by atoms with Gasteiger partial charge in [0.25, 0.3) is 0 Å².